The van der Waals surface area contributed by atoms with Gasteiger partial charge >= 0.3 is 6.09 Å². The van der Waals surface area contributed by atoms with E-state index in [2.05, 4.69) is 10.5 Å². The Bertz CT molecular complexity index is 1250. The third-order valence-electron chi connectivity index (χ3n) is 6.79. The second kappa shape index (κ2) is 9.05. The number of pyridine rings is 1. The maximum atomic E-state index is 15.6. The summed E-state index contributed by atoms with van der Waals surface area (Å²) in [6, 6.07) is 2.59. The van der Waals surface area contributed by atoms with E-state index in [1.54, 1.807) is 4.57 Å². The number of amides is 1. The molecule has 1 saturated carbocycles. The van der Waals surface area contributed by atoms with Crippen molar-refractivity contribution in [2.24, 2.45) is 16.8 Å². The number of benzene rings is 1. The van der Waals surface area contributed by atoms with Crippen LogP contribution in [-0.2, 0) is 4.74 Å². The molecule has 190 valence electrons. The minimum Gasteiger partial charge on any atom is -0.444 e. The number of hydrogen-bond acceptors (Lipinski definition) is 6. The molecule has 2 aliphatic rings. The molecule has 0 radical (unpaired) electrons. The molecule has 10 heteroatoms. The zero-order chi connectivity index (χ0) is 25.7. The predicted molar refractivity (Wildman–Crippen MR) is 133 cm³/mol. The first-order valence-corrected chi connectivity index (χ1v) is 12.0. The van der Waals surface area contributed by atoms with E-state index in [4.69, 9.17) is 10.5 Å². The summed E-state index contributed by atoms with van der Waals surface area (Å²) in [4.78, 5) is 27.2. The quantitative estimate of drug-likeness (QED) is 0.256. The van der Waals surface area contributed by atoms with Crippen molar-refractivity contribution in [2.45, 2.75) is 71.6 Å². The molecule has 4 rings (SSSR count). The number of hydrogen-bond donors (Lipinski definition) is 3. The third kappa shape index (κ3) is 4.92. The lowest BCUT2D eigenvalue weighted by Gasteiger charge is -2.27. The first-order chi connectivity index (χ1) is 16.4. The van der Waals surface area contributed by atoms with Crippen molar-refractivity contribution in [1.29, 1.82) is 0 Å². The van der Waals surface area contributed by atoms with E-state index in [0.29, 0.717) is 35.2 Å². The summed E-state index contributed by atoms with van der Waals surface area (Å²) in [5, 5.41) is 15.6. The number of amidine groups is 1. The van der Waals surface area contributed by atoms with Crippen molar-refractivity contribution in [3.63, 3.8) is 0 Å². The first-order valence-electron chi connectivity index (χ1n) is 12.0. The zero-order valence-electron chi connectivity index (χ0n) is 20.9. The van der Waals surface area contributed by atoms with Gasteiger partial charge in [-0.25, -0.2) is 9.18 Å². The van der Waals surface area contributed by atoms with Gasteiger partial charge in [-0.05, 0) is 71.4 Å². The molecule has 1 aliphatic carbocycles. The van der Waals surface area contributed by atoms with Gasteiger partial charge in [-0.15, -0.1) is 0 Å². The van der Waals surface area contributed by atoms with Crippen LogP contribution in [0.2, 0.25) is 0 Å². The molecule has 1 aromatic heterocycles. The third-order valence-corrected chi connectivity index (χ3v) is 6.79. The van der Waals surface area contributed by atoms with Gasteiger partial charge in [-0.1, -0.05) is 5.16 Å². The van der Waals surface area contributed by atoms with Crippen LogP contribution in [0.25, 0.3) is 10.9 Å². The number of nitrogens with one attached hydrogen (secondary N) is 1. The van der Waals surface area contributed by atoms with Crippen LogP contribution < -0.4 is 21.5 Å². The van der Waals surface area contributed by atoms with Gasteiger partial charge in [0.2, 0.25) is 0 Å². The summed E-state index contributed by atoms with van der Waals surface area (Å²) in [6.07, 6.45) is 2.06. The molecule has 1 aliphatic heterocycles. The van der Waals surface area contributed by atoms with Gasteiger partial charge in [0.25, 0.3) is 5.56 Å². The number of aryl methyl sites for hydroxylation is 1. The molecular formula is C25H34FN5O4. The Kier molecular flexibility index (Phi) is 6.42. The number of rotatable bonds is 5. The monoisotopic (exact) mass is 487 g/mol. The van der Waals surface area contributed by atoms with Gasteiger partial charge in [0.15, 0.2) is 5.84 Å². The molecule has 35 heavy (non-hydrogen) atoms. The van der Waals surface area contributed by atoms with E-state index in [9.17, 15) is 14.8 Å². The molecule has 4 N–H and O–H groups in total. The van der Waals surface area contributed by atoms with Crippen LogP contribution in [0, 0.1) is 18.7 Å². The fraction of sp³-hybridized carbons (Fsp3) is 0.560. The molecule has 0 spiro atoms. The number of anilines is 1. The summed E-state index contributed by atoms with van der Waals surface area (Å²) in [5.74, 6) is -0.563. The van der Waals surface area contributed by atoms with Gasteiger partial charge in [0, 0.05) is 42.2 Å². The largest absolute Gasteiger partial charge is 0.444 e. The Labute approximate surface area is 203 Å². The van der Waals surface area contributed by atoms with Crippen LogP contribution in [0.3, 0.4) is 0 Å². The molecule has 2 fully saturated rings. The fourth-order valence-corrected chi connectivity index (χ4v) is 5.01. The lowest BCUT2D eigenvalue weighted by molar-refractivity contribution is 0.0494. The summed E-state index contributed by atoms with van der Waals surface area (Å²) in [7, 11) is 0. The Morgan fingerprint density at radius 1 is 1.31 bits per heavy atom. The second-order valence-corrected chi connectivity index (χ2v) is 10.6. The Balaban J connectivity index is 1.69. The Morgan fingerprint density at radius 3 is 2.60 bits per heavy atom. The summed E-state index contributed by atoms with van der Waals surface area (Å²) in [6.45, 7) is 10.3. The molecule has 2 heterocycles. The zero-order valence-corrected chi connectivity index (χ0v) is 20.9. The lowest BCUT2D eigenvalue weighted by atomic mass is 10.00. The van der Waals surface area contributed by atoms with Gasteiger partial charge in [0.1, 0.15) is 11.4 Å². The minimum atomic E-state index is -0.586. The minimum absolute atomic E-state index is 0.0627. The smallest absolute Gasteiger partial charge is 0.407 e. The Morgan fingerprint density at radius 2 is 2.00 bits per heavy atom. The average Bonchev–Trinajstić information content (AvgIpc) is 3.47. The number of carbonyl (C=O) groups excluding carboxylic acids is 1. The molecular weight excluding hydrogens is 453 g/mol. The highest BCUT2D eigenvalue weighted by Gasteiger charge is 2.34. The average molecular weight is 488 g/mol. The number of oxime groups is 1. The van der Waals surface area contributed by atoms with Crippen molar-refractivity contribution in [3.8, 4) is 0 Å². The van der Waals surface area contributed by atoms with Crippen LogP contribution >= 0.6 is 0 Å². The molecule has 1 saturated heterocycles. The highest BCUT2D eigenvalue weighted by atomic mass is 19.1. The number of aromatic nitrogens is 1. The molecule has 2 aromatic rings. The van der Waals surface area contributed by atoms with Crippen molar-refractivity contribution >= 4 is 28.5 Å². The van der Waals surface area contributed by atoms with Crippen molar-refractivity contribution in [2.75, 3.05) is 18.0 Å². The Hall–Kier alpha value is -3.30. The summed E-state index contributed by atoms with van der Waals surface area (Å²) >= 11 is 0. The molecule has 0 bridgehead atoms. The van der Waals surface area contributed by atoms with Crippen LogP contribution in [0.1, 0.15) is 64.1 Å². The maximum Gasteiger partial charge on any atom is 0.407 e. The van der Waals surface area contributed by atoms with Crippen molar-refractivity contribution in [3.05, 3.63) is 39.4 Å². The van der Waals surface area contributed by atoms with Gasteiger partial charge in [0.05, 0.1) is 11.2 Å². The van der Waals surface area contributed by atoms with Gasteiger partial charge < -0.3 is 30.5 Å². The highest BCUT2D eigenvalue weighted by Crippen LogP contribution is 2.41. The first kappa shape index (κ1) is 24.8. The van der Waals surface area contributed by atoms with Crippen LogP contribution in [-0.4, -0.2) is 46.4 Å². The van der Waals surface area contributed by atoms with E-state index < -0.39 is 17.5 Å². The topological polar surface area (TPSA) is 122 Å². The van der Waals surface area contributed by atoms with Gasteiger partial charge in [-0.2, -0.15) is 0 Å². The van der Waals surface area contributed by atoms with Gasteiger partial charge in [-0.3, -0.25) is 4.79 Å². The summed E-state index contributed by atoms with van der Waals surface area (Å²) in [5.41, 5.74) is 6.91. The number of fused-ring (bicyclic) bond motifs is 1. The summed E-state index contributed by atoms with van der Waals surface area (Å²) < 4.78 is 22.7. The SMILES string of the molecule is Cc1c(N2CC[C@@H]([C@H](C)NC(=O)OC(C)(C)C)C2)c(F)cc2c(/C(N)=N/O)cc(=O)n(C3CC3)c12. The normalized spacial score (nSPS) is 19.8. The number of ether oxygens (including phenoxy) is 1. The van der Waals surface area contributed by atoms with E-state index in [1.165, 1.54) is 12.1 Å². The van der Waals surface area contributed by atoms with Crippen molar-refractivity contribution < 1.29 is 19.1 Å². The molecule has 1 amide bonds. The predicted octanol–water partition coefficient (Wildman–Crippen LogP) is 3.62. The number of halogens is 1. The highest BCUT2D eigenvalue weighted by molar-refractivity contribution is 6.09. The van der Waals surface area contributed by atoms with Crippen LogP contribution in [0.5, 0.6) is 0 Å². The number of nitrogens with zero attached hydrogens (tertiary/aromatic N) is 3. The standard InChI is InChI=1S/C25H34FN5O4/c1-13-21-17(18(23(27)29-34)11-20(32)31(21)16-6-7-16)10-19(26)22(13)30-9-8-15(12-30)14(2)28-24(33)35-25(3,4)5/h10-11,14-16,34H,6-9,12H2,1-5H3,(H2,27,29)(H,28,33)/t14-,15+/m0/s1. The van der Waals surface area contributed by atoms with E-state index in [0.717, 1.165) is 19.3 Å². The van der Waals surface area contributed by atoms with Crippen molar-refractivity contribution in [1.82, 2.24) is 9.88 Å². The lowest BCUT2D eigenvalue weighted by Crippen LogP contribution is -2.42. The molecule has 2 atom stereocenters. The second-order valence-electron chi connectivity index (χ2n) is 10.6. The fourth-order valence-electron chi connectivity index (χ4n) is 5.01. The number of alkyl carbamates (subject to hydrolysis) is 1. The van der Waals surface area contributed by atoms with Crippen LogP contribution in [0.4, 0.5) is 14.9 Å². The maximum absolute atomic E-state index is 15.6. The van der Waals surface area contributed by atoms with E-state index in [-0.39, 0.29) is 35.0 Å². The number of carbonyl (C=O) groups is 1. The molecule has 9 nitrogen and oxygen atoms in total. The van der Waals surface area contributed by atoms with Crippen LogP contribution in [0.15, 0.2) is 22.1 Å². The molecule has 1 aromatic carbocycles. The van der Waals surface area contributed by atoms with E-state index in [1.807, 2.05) is 39.5 Å². The molecule has 0 unspecified atom stereocenters. The van der Waals surface area contributed by atoms with E-state index >= 15 is 4.39 Å². The number of nitrogens with two attached hydrogens (primary N) is 1.